The van der Waals surface area contributed by atoms with Crippen LogP contribution in [0.5, 0.6) is 11.5 Å². The molecule has 10 heteroatoms. The highest BCUT2D eigenvalue weighted by Gasteiger charge is 2.29. The molecule has 2 aromatic carbocycles. The molecule has 4 aromatic rings. The molecular weight excluding hydrogens is 544 g/mol. The Morgan fingerprint density at radius 2 is 1.51 bits per heavy atom. The van der Waals surface area contributed by atoms with Crippen molar-refractivity contribution in [1.82, 2.24) is 4.98 Å². The third-order valence-electron chi connectivity index (χ3n) is 6.09. The average molecular weight is 577 g/mol. The number of ether oxygens (including phenoxy) is 4. The maximum absolute atomic E-state index is 13.9. The van der Waals surface area contributed by atoms with Crippen molar-refractivity contribution in [3.05, 3.63) is 70.1 Å². The maximum Gasteiger partial charge on any atom is 0.348 e. The van der Waals surface area contributed by atoms with Crippen molar-refractivity contribution in [2.24, 2.45) is 0 Å². The molecule has 0 spiro atoms. The number of thiophene rings is 1. The summed E-state index contributed by atoms with van der Waals surface area (Å²) in [7, 11) is 3.10. The number of para-hydroxylation sites is 1. The van der Waals surface area contributed by atoms with Gasteiger partial charge in [0.2, 0.25) is 0 Å². The number of nitrogens with zero attached hydrogens (tertiary/aromatic N) is 1. The fraction of sp³-hybridized carbons (Fsp3) is 0.290. The number of carbonyl (C=O) groups is 3. The first-order valence-corrected chi connectivity index (χ1v) is 13.8. The summed E-state index contributed by atoms with van der Waals surface area (Å²) >= 11 is 0.976. The van der Waals surface area contributed by atoms with E-state index in [0.717, 1.165) is 11.3 Å². The van der Waals surface area contributed by atoms with Crippen LogP contribution in [0.4, 0.5) is 5.00 Å². The van der Waals surface area contributed by atoms with Crippen LogP contribution >= 0.6 is 11.3 Å². The topological polar surface area (TPSA) is 113 Å². The van der Waals surface area contributed by atoms with Gasteiger partial charge in [0.05, 0.1) is 48.8 Å². The summed E-state index contributed by atoms with van der Waals surface area (Å²) in [4.78, 5) is 44.7. The van der Waals surface area contributed by atoms with E-state index in [1.807, 2.05) is 24.3 Å². The Morgan fingerprint density at radius 1 is 0.854 bits per heavy atom. The van der Waals surface area contributed by atoms with E-state index in [1.165, 1.54) is 0 Å². The van der Waals surface area contributed by atoms with E-state index < -0.39 is 23.9 Å². The molecule has 0 unspecified atom stereocenters. The minimum absolute atomic E-state index is 0.117. The quantitative estimate of drug-likeness (QED) is 0.220. The molecule has 0 atom stereocenters. The highest BCUT2D eigenvalue weighted by Crippen LogP contribution is 2.37. The number of pyridine rings is 1. The number of carbonyl (C=O) groups excluding carboxylic acids is 3. The Bertz CT molecular complexity index is 1620. The molecule has 1 amide bonds. The van der Waals surface area contributed by atoms with Crippen molar-refractivity contribution in [3.63, 3.8) is 0 Å². The van der Waals surface area contributed by atoms with Gasteiger partial charge in [-0.05, 0) is 70.5 Å². The van der Waals surface area contributed by atoms with Gasteiger partial charge < -0.3 is 24.3 Å². The van der Waals surface area contributed by atoms with Gasteiger partial charge in [0.1, 0.15) is 9.88 Å². The summed E-state index contributed by atoms with van der Waals surface area (Å²) in [6.07, 6.45) is -0.754. The van der Waals surface area contributed by atoms with E-state index in [-0.39, 0.29) is 21.5 Å². The van der Waals surface area contributed by atoms with Gasteiger partial charge in [0.25, 0.3) is 5.91 Å². The number of rotatable bonds is 9. The third kappa shape index (κ3) is 6.33. The van der Waals surface area contributed by atoms with Crippen molar-refractivity contribution < 1.29 is 33.3 Å². The van der Waals surface area contributed by atoms with E-state index in [1.54, 1.807) is 73.1 Å². The molecule has 4 rings (SSSR count). The predicted octanol–water partition coefficient (Wildman–Crippen LogP) is 6.67. The van der Waals surface area contributed by atoms with Crippen molar-refractivity contribution >= 4 is 45.1 Å². The molecule has 0 saturated carbocycles. The van der Waals surface area contributed by atoms with Crippen LogP contribution < -0.4 is 14.8 Å². The fourth-order valence-corrected chi connectivity index (χ4v) is 5.33. The third-order valence-corrected chi connectivity index (χ3v) is 7.28. The van der Waals surface area contributed by atoms with Crippen molar-refractivity contribution in [3.8, 4) is 22.8 Å². The van der Waals surface area contributed by atoms with E-state index in [2.05, 4.69) is 5.32 Å². The molecule has 214 valence electrons. The summed E-state index contributed by atoms with van der Waals surface area (Å²) in [5.74, 6) is -0.608. The first kappa shape index (κ1) is 29.5. The Morgan fingerprint density at radius 3 is 2.17 bits per heavy atom. The molecule has 2 heterocycles. The summed E-state index contributed by atoms with van der Waals surface area (Å²) in [5.41, 5.74) is 2.69. The van der Waals surface area contributed by atoms with Crippen LogP contribution in [0.2, 0.25) is 0 Å². The van der Waals surface area contributed by atoms with Crippen LogP contribution in [0.15, 0.2) is 48.5 Å². The number of methoxy groups -OCH3 is 2. The van der Waals surface area contributed by atoms with Gasteiger partial charge in [-0.1, -0.05) is 18.2 Å². The summed E-state index contributed by atoms with van der Waals surface area (Å²) < 4.78 is 21.6. The van der Waals surface area contributed by atoms with Gasteiger partial charge in [-0.25, -0.2) is 14.6 Å². The van der Waals surface area contributed by atoms with Crippen LogP contribution in [0, 0.1) is 6.92 Å². The van der Waals surface area contributed by atoms with Gasteiger partial charge in [-0.3, -0.25) is 4.79 Å². The van der Waals surface area contributed by atoms with Gasteiger partial charge in [0, 0.05) is 10.9 Å². The largest absolute Gasteiger partial charge is 0.493 e. The maximum atomic E-state index is 13.9. The van der Waals surface area contributed by atoms with Crippen LogP contribution in [0.25, 0.3) is 22.2 Å². The molecule has 0 fully saturated rings. The van der Waals surface area contributed by atoms with E-state index in [4.69, 9.17) is 23.9 Å². The minimum atomic E-state index is -0.641. The second kappa shape index (κ2) is 12.4. The zero-order valence-corrected chi connectivity index (χ0v) is 24.8. The lowest BCUT2D eigenvalue weighted by molar-refractivity contribution is 0.0378. The average Bonchev–Trinajstić information content (AvgIpc) is 3.26. The number of fused-ring (bicyclic) bond motifs is 1. The van der Waals surface area contributed by atoms with Gasteiger partial charge in [-0.2, -0.15) is 0 Å². The second-order valence-electron chi connectivity index (χ2n) is 9.76. The van der Waals surface area contributed by atoms with Crippen molar-refractivity contribution in [2.45, 2.75) is 46.8 Å². The molecule has 2 aromatic heterocycles. The molecule has 0 aliphatic heterocycles. The van der Waals surface area contributed by atoms with E-state index in [0.29, 0.717) is 44.8 Å². The highest BCUT2D eigenvalue weighted by atomic mass is 32.1. The Labute approximate surface area is 242 Å². The molecule has 9 nitrogen and oxygen atoms in total. The van der Waals surface area contributed by atoms with Crippen LogP contribution in [0.3, 0.4) is 0 Å². The standard InChI is InChI=1S/C31H32N2O7S/c1-16(2)39-30(35)26-18(5)27(31(36)40-17(3)4)41-29(26)33-28(34)21-15-23(32-22-11-9-8-10-20(21)22)19-12-13-24(37-6)25(14-19)38-7/h8-17H,1-7H3,(H,33,34). The number of hydrogen-bond acceptors (Lipinski definition) is 9. The fourth-order valence-electron chi connectivity index (χ4n) is 4.26. The molecule has 0 aliphatic carbocycles. The minimum Gasteiger partial charge on any atom is -0.493 e. The number of anilines is 1. The van der Waals surface area contributed by atoms with Crippen LogP contribution in [0.1, 0.15) is 63.6 Å². The lowest BCUT2D eigenvalue weighted by Crippen LogP contribution is -2.17. The van der Waals surface area contributed by atoms with E-state index >= 15 is 0 Å². The first-order valence-electron chi connectivity index (χ1n) is 13.0. The van der Waals surface area contributed by atoms with Crippen molar-refractivity contribution in [2.75, 3.05) is 19.5 Å². The Balaban J connectivity index is 1.81. The molecule has 0 aliphatic rings. The number of benzene rings is 2. The molecule has 0 radical (unpaired) electrons. The van der Waals surface area contributed by atoms with Gasteiger partial charge >= 0.3 is 11.9 Å². The van der Waals surface area contributed by atoms with Crippen LogP contribution in [-0.2, 0) is 9.47 Å². The Hall–Kier alpha value is -4.44. The predicted molar refractivity (Wildman–Crippen MR) is 158 cm³/mol. The number of amides is 1. The molecule has 41 heavy (non-hydrogen) atoms. The number of hydrogen-bond donors (Lipinski definition) is 1. The summed E-state index contributed by atoms with van der Waals surface area (Å²) in [6.45, 7) is 8.57. The monoisotopic (exact) mass is 576 g/mol. The van der Waals surface area contributed by atoms with Gasteiger partial charge in [-0.15, -0.1) is 11.3 Å². The molecule has 0 saturated heterocycles. The van der Waals surface area contributed by atoms with Crippen LogP contribution in [-0.4, -0.2) is 49.3 Å². The zero-order chi connectivity index (χ0) is 29.8. The number of esters is 2. The second-order valence-corrected chi connectivity index (χ2v) is 10.8. The number of aromatic nitrogens is 1. The molecular formula is C31H32N2O7S. The normalized spacial score (nSPS) is 11.0. The molecule has 0 bridgehead atoms. The molecule has 1 N–H and O–H groups in total. The summed E-state index contributed by atoms with van der Waals surface area (Å²) in [5, 5.41) is 3.68. The van der Waals surface area contributed by atoms with Crippen molar-refractivity contribution in [1.29, 1.82) is 0 Å². The van der Waals surface area contributed by atoms with Gasteiger partial charge in [0.15, 0.2) is 11.5 Å². The lowest BCUT2D eigenvalue weighted by atomic mass is 10.0. The highest BCUT2D eigenvalue weighted by molar-refractivity contribution is 7.18. The SMILES string of the molecule is COc1ccc(-c2cc(C(=O)Nc3sc(C(=O)OC(C)C)c(C)c3C(=O)OC(C)C)c3ccccc3n2)cc1OC. The van der Waals surface area contributed by atoms with E-state index in [9.17, 15) is 14.4 Å². The Kier molecular flexibility index (Phi) is 8.92. The lowest BCUT2D eigenvalue weighted by Gasteiger charge is -2.13. The first-order chi connectivity index (χ1) is 19.5. The summed E-state index contributed by atoms with van der Waals surface area (Å²) in [6, 6.07) is 14.3. The smallest absolute Gasteiger partial charge is 0.348 e. The number of nitrogens with one attached hydrogen (secondary N) is 1. The zero-order valence-electron chi connectivity index (χ0n) is 24.0.